The fourth-order valence-corrected chi connectivity index (χ4v) is 10.9. The molecule has 3 fully saturated rings. The maximum absolute atomic E-state index is 14.6. The predicted octanol–water partition coefficient (Wildman–Crippen LogP) is 7.52. The number of carbonyl (C=O) groups excluding carboxylic acids is 1. The summed E-state index contributed by atoms with van der Waals surface area (Å²) in [6, 6.07) is 2.33. The Balaban J connectivity index is 1.52. The van der Waals surface area contributed by atoms with Gasteiger partial charge in [0.15, 0.2) is 5.78 Å². The lowest BCUT2D eigenvalue weighted by molar-refractivity contribution is -0.169. The number of ketones is 1. The van der Waals surface area contributed by atoms with E-state index in [1.807, 2.05) is 12.5 Å². The van der Waals surface area contributed by atoms with Crippen molar-refractivity contribution in [3.05, 3.63) is 41.7 Å². The highest BCUT2D eigenvalue weighted by atomic mass is 16.3. The zero-order chi connectivity index (χ0) is 27.5. The highest BCUT2D eigenvalue weighted by Gasteiger charge is 2.70. The van der Waals surface area contributed by atoms with Crippen molar-refractivity contribution in [3.63, 3.8) is 0 Å². The Bertz CT molecular complexity index is 1300. The topological polar surface area (TPSA) is 78.9 Å². The monoisotopic (exact) mass is 515 g/mol. The van der Waals surface area contributed by atoms with E-state index < -0.39 is 5.41 Å². The summed E-state index contributed by atoms with van der Waals surface area (Å²) in [5.74, 6) is 0.993. The second-order valence-electron chi connectivity index (χ2n) is 15.6. The van der Waals surface area contributed by atoms with Gasteiger partial charge >= 0.3 is 0 Å². The van der Waals surface area contributed by atoms with E-state index in [4.69, 9.17) is 0 Å². The van der Waals surface area contributed by atoms with Crippen LogP contribution in [-0.4, -0.2) is 20.4 Å². The first-order valence-corrected chi connectivity index (χ1v) is 14.7. The molecule has 5 nitrogen and oxygen atoms in total. The molecule has 0 unspecified atom stereocenters. The number of hydrogen-bond donors (Lipinski definition) is 1. The van der Waals surface area contributed by atoms with E-state index in [1.54, 1.807) is 0 Å². The lowest BCUT2D eigenvalue weighted by atomic mass is 9.34. The average molecular weight is 516 g/mol. The number of aliphatic hydroxyl groups is 1. The van der Waals surface area contributed by atoms with E-state index in [0.29, 0.717) is 17.8 Å². The first kappa shape index (κ1) is 25.9. The van der Waals surface area contributed by atoms with Gasteiger partial charge in [-0.25, -0.2) is 4.98 Å². The Hall–Kier alpha value is -2.35. The number of aliphatic hydroxyl groups excluding tert-OH is 1. The van der Waals surface area contributed by atoms with E-state index >= 15 is 0 Å². The molecule has 6 rings (SSSR count). The zero-order valence-electron chi connectivity index (χ0n) is 24.4. The molecule has 5 aliphatic carbocycles. The van der Waals surface area contributed by atoms with Crippen LogP contribution < -0.4 is 0 Å². The van der Waals surface area contributed by atoms with Gasteiger partial charge in [0.25, 0.3) is 0 Å². The SMILES string of the molecule is CC1(C)CC[C@]2(n3ccnc3)CC[C@]3(C)[C@H](C(=O)C=C4[C@@]5(C)CC(C#N)=C(O)C(C)(C)[C@@H]5CC[C@]43C)[C@@H]2C1. The molecule has 5 heteroatoms. The lowest BCUT2D eigenvalue weighted by Crippen LogP contribution is -2.66. The molecule has 5 aliphatic rings. The van der Waals surface area contributed by atoms with Gasteiger partial charge in [0, 0.05) is 29.3 Å². The molecule has 204 valence electrons. The average Bonchev–Trinajstić information content (AvgIpc) is 3.38. The third-order valence-corrected chi connectivity index (χ3v) is 13.1. The largest absolute Gasteiger partial charge is 0.511 e. The summed E-state index contributed by atoms with van der Waals surface area (Å²) in [4.78, 5) is 19.0. The molecule has 0 aromatic carbocycles. The Labute approximate surface area is 228 Å². The van der Waals surface area contributed by atoms with Gasteiger partial charge < -0.3 is 9.67 Å². The summed E-state index contributed by atoms with van der Waals surface area (Å²) in [7, 11) is 0. The number of carbonyl (C=O) groups is 1. The number of hydrogen-bond acceptors (Lipinski definition) is 4. The van der Waals surface area contributed by atoms with Crippen molar-refractivity contribution in [2.24, 2.45) is 44.8 Å². The third kappa shape index (κ3) is 2.98. The maximum Gasteiger partial charge on any atom is 0.159 e. The van der Waals surface area contributed by atoms with Crippen LogP contribution in [0, 0.1) is 56.2 Å². The van der Waals surface area contributed by atoms with E-state index in [-0.39, 0.29) is 50.7 Å². The van der Waals surface area contributed by atoms with Crippen molar-refractivity contribution in [2.45, 2.75) is 105 Å². The van der Waals surface area contributed by atoms with Crippen LogP contribution in [0.1, 0.15) is 99.8 Å². The highest BCUT2D eigenvalue weighted by Crippen LogP contribution is 2.75. The fraction of sp³-hybridized carbons (Fsp3) is 0.727. The van der Waals surface area contributed by atoms with Crippen LogP contribution in [0.2, 0.25) is 0 Å². The molecular weight excluding hydrogens is 470 g/mol. The van der Waals surface area contributed by atoms with E-state index in [9.17, 15) is 15.2 Å². The van der Waals surface area contributed by atoms with Gasteiger partial charge in [-0.3, -0.25) is 4.79 Å². The molecule has 1 aromatic heterocycles. The van der Waals surface area contributed by atoms with Crippen molar-refractivity contribution in [1.29, 1.82) is 5.26 Å². The van der Waals surface area contributed by atoms with Gasteiger partial charge in [0.1, 0.15) is 5.76 Å². The molecule has 1 heterocycles. The number of nitriles is 1. The van der Waals surface area contributed by atoms with Crippen molar-refractivity contribution in [2.75, 3.05) is 0 Å². The number of fused-ring (bicyclic) bond motifs is 7. The summed E-state index contributed by atoms with van der Waals surface area (Å²) in [5, 5.41) is 21.0. The van der Waals surface area contributed by atoms with Crippen LogP contribution in [0.4, 0.5) is 0 Å². The maximum atomic E-state index is 14.6. The number of aromatic nitrogens is 2. The molecule has 0 radical (unpaired) electrons. The van der Waals surface area contributed by atoms with Gasteiger partial charge in [-0.05, 0) is 90.9 Å². The van der Waals surface area contributed by atoms with Gasteiger partial charge in [-0.2, -0.15) is 5.26 Å². The molecule has 3 saturated carbocycles. The summed E-state index contributed by atoms with van der Waals surface area (Å²) in [6.45, 7) is 16.1. The summed E-state index contributed by atoms with van der Waals surface area (Å²) in [5.41, 5.74) is 0.829. The van der Waals surface area contributed by atoms with Gasteiger partial charge in [0.05, 0.1) is 18.0 Å². The Morgan fingerprint density at radius 1 is 1.05 bits per heavy atom. The molecule has 0 saturated heterocycles. The second-order valence-corrected chi connectivity index (χ2v) is 15.6. The molecular formula is C33H45N3O2. The van der Waals surface area contributed by atoms with Gasteiger partial charge in [0.2, 0.25) is 0 Å². The highest BCUT2D eigenvalue weighted by molar-refractivity contribution is 5.95. The number of nitrogens with zero attached hydrogens (tertiary/aromatic N) is 3. The molecule has 1 N–H and O–H groups in total. The normalized spacial score (nSPS) is 45.2. The molecule has 7 atom stereocenters. The van der Waals surface area contributed by atoms with Crippen LogP contribution in [0.15, 0.2) is 41.7 Å². The number of rotatable bonds is 1. The minimum absolute atomic E-state index is 0.0249. The predicted molar refractivity (Wildman–Crippen MR) is 148 cm³/mol. The first-order valence-electron chi connectivity index (χ1n) is 14.7. The van der Waals surface area contributed by atoms with Crippen molar-refractivity contribution >= 4 is 5.78 Å². The Morgan fingerprint density at radius 2 is 1.76 bits per heavy atom. The van der Waals surface area contributed by atoms with Crippen LogP contribution in [0.25, 0.3) is 0 Å². The summed E-state index contributed by atoms with van der Waals surface area (Å²) < 4.78 is 2.36. The van der Waals surface area contributed by atoms with E-state index in [1.165, 1.54) is 12.0 Å². The minimum Gasteiger partial charge on any atom is -0.511 e. The molecule has 0 amide bonds. The van der Waals surface area contributed by atoms with Crippen LogP contribution in [-0.2, 0) is 10.3 Å². The second kappa shape index (κ2) is 7.64. The van der Waals surface area contributed by atoms with E-state index in [2.05, 4.69) is 76.4 Å². The van der Waals surface area contributed by atoms with Crippen molar-refractivity contribution in [1.82, 2.24) is 9.55 Å². The van der Waals surface area contributed by atoms with Crippen molar-refractivity contribution < 1.29 is 9.90 Å². The zero-order valence-corrected chi connectivity index (χ0v) is 24.4. The van der Waals surface area contributed by atoms with E-state index in [0.717, 1.165) is 38.5 Å². The molecule has 0 spiro atoms. The molecule has 1 aromatic rings. The van der Waals surface area contributed by atoms with Gasteiger partial charge in [-0.1, -0.05) is 54.0 Å². The number of imidazole rings is 1. The summed E-state index contributed by atoms with van der Waals surface area (Å²) >= 11 is 0. The van der Waals surface area contributed by atoms with Crippen molar-refractivity contribution in [3.8, 4) is 6.07 Å². The quantitative estimate of drug-likeness (QED) is 0.419. The lowest BCUT2D eigenvalue weighted by Gasteiger charge is -2.69. The molecule has 0 aliphatic heterocycles. The minimum atomic E-state index is -0.489. The van der Waals surface area contributed by atoms with Crippen LogP contribution >= 0.6 is 0 Å². The fourth-order valence-electron chi connectivity index (χ4n) is 10.9. The summed E-state index contributed by atoms with van der Waals surface area (Å²) in [6.07, 6.45) is 16.0. The number of allylic oxidation sites excluding steroid dienone is 4. The smallest absolute Gasteiger partial charge is 0.159 e. The Morgan fingerprint density at radius 3 is 2.42 bits per heavy atom. The van der Waals surface area contributed by atoms with Crippen LogP contribution in [0.5, 0.6) is 0 Å². The first-order chi connectivity index (χ1) is 17.7. The Kier molecular flexibility index (Phi) is 5.21. The van der Waals surface area contributed by atoms with Gasteiger partial charge in [-0.15, -0.1) is 0 Å². The molecule has 0 bridgehead atoms. The molecule has 38 heavy (non-hydrogen) atoms. The third-order valence-electron chi connectivity index (χ3n) is 13.1. The standard InChI is InChI=1S/C33H45N3O2/c1-28(2)10-12-33(36-15-14-35-20-36)13-11-32(7)26(22(33)18-28)23(37)16-25-30(5)17-21(19-34)27(38)29(3,4)24(30)8-9-31(25,32)6/h14-16,20,22,24,26,38H,8-13,17-18H2,1-7H3/t22-,24-,26-,30-,31+,32+,33-/m0/s1. The van der Waals surface area contributed by atoms with Crippen LogP contribution in [0.3, 0.4) is 0 Å².